The van der Waals surface area contributed by atoms with Crippen molar-refractivity contribution in [3.63, 3.8) is 0 Å². The molecule has 6 heteroatoms. The van der Waals surface area contributed by atoms with Crippen LogP contribution < -0.4 is 5.32 Å². The van der Waals surface area contributed by atoms with E-state index in [4.69, 9.17) is 21.8 Å². The second-order valence-electron chi connectivity index (χ2n) is 3.86. The lowest BCUT2D eigenvalue weighted by Crippen LogP contribution is -2.30. The van der Waals surface area contributed by atoms with Crippen LogP contribution in [0.2, 0.25) is 5.02 Å². The minimum Gasteiger partial charge on any atom is -0.479 e. The molecule has 1 aromatic carbocycles. The Hall–Kier alpha value is -1.59. The fraction of sp³-hybridized carbons (Fsp3) is 0.333. The van der Waals surface area contributed by atoms with Crippen LogP contribution >= 0.6 is 11.6 Å². The monoisotopic (exact) mass is 271 g/mol. The number of amides is 1. The number of benzene rings is 1. The molecular formula is C12H14ClNO4. The summed E-state index contributed by atoms with van der Waals surface area (Å²) in [7, 11) is 0. The molecule has 0 radical (unpaired) electrons. The van der Waals surface area contributed by atoms with Gasteiger partial charge >= 0.3 is 5.97 Å². The van der Waals surface area contributed by atoms with Crippen LogP contribution in [0.15, 0.2) is 18.2 Å². The predicted molar refractivity (Wildman–Crippen MR) is 66.8 cm³/mol. The van der Waals surface area contributed by atoms with E-state index in [1.165, 1.54) is 0 Å². The Morgan fingerprint density at radius 2 is 2.11 bits per heavy atom. The largest absolute Gasteiger partial charge is 0.479 e. The predicted octanol–water partition coefficient (Wildman–Crippen LogP) is 1.21. The third-order valence-corrected chi connectivity index (χ3v) is 2.83. The van der Waals surface area contributed by atoms with E-state index >= 15 is 0 Å². The number of hydrogen-bond donors (Lipinski definition) is 3. The first-order valence-electron chi connectivity index (χ1n) is 5.37. The summed E-state index contributed by atoms with van der Waals surface area (Å²) < 4.78 is 0. The lowest BCUT2D eigenvalue weighted by molar-refractivity contribution is -0.146. The number of carbonyl (C=O) groups excluding carboxylic acids is 1. The molecule has 0 saturated heterocycles. The Kier molecular flexibility index (Phi) is 5.12. The summed E-state index contributed by atoms with van der Waals surface area (Å²) in [6.45, 7) is 1.91. The fourth-order valence-electron chi connectivity index (χ4n) is 1.28. The highest BCUT2D eigenvalue weighted by molar-refractivity contribution is 6.31. The molecule has 5 nitrogen and oxygen atoms in total. The Bertz CT molecular complexity index is 461. The van der Waals surface area contributed by atoms with Crippen molar-refractivity contribution in [2.24, 2.45) is 0 Å². The molecule has 0 fully saturated rings. The van der Waals surface area contributed by atoms with Gasteiger partial charge in [0.1, 0.15) is 0 Å². The zero-order valence-corrected chi connectivity index (χ0v) is 10.6. The van der Waals surface area contributed by atoms with Crippen LogP contribution in [0.3, 0.4) is 0 Å². The van der Waals surface area contributed by atoms with Gasteiger partial charge in [0.25, 0.3) is 5.91 Å². The number of carboxylic acids is 1. The molecular weight excluding hydrogens is 258 g/mol. The number of aliphatic hydroxyl groups excluding tert-OH is 1. The van der Waals surface area contributed by atoms with Crippen LogP contribution in [-0.2, 0) is 4.79 Å². The van der Waals surface area contributed by atoms with E-state index in [2.05, 4.69) is 5.32 Å². The van der Waals surface area contributed by atoms with Gasteiger partial charge in [-0.1, -0.05) is 17.7 Å². The topological polar surface area (TPSA) is 86.6 Å². The smallest absolute Gasteiger partial charge is 0.332 e. The van der Waals surface area contributed by atoms with E-state index in [-0.39, 0.29) is 18.9 Å². The number of rotatable bonds is 5. The van der Waals surface area contributed by atoms with Crippen LogP contribution in [0.4, 0.5) is 0 Å². The lowest BCUT2D eigenvalue weighted by atomic mass is 10.1. The van der Waals surface area contributed by atoms with Gasteiger partial charge in [0.15, 0.2) is 6.10 Å². The highest BCUT2D eigenvalue weighted by Gasteiger charge is 2.13. The highest BCUT2D eigenvalue weighted by atomic mass is 35.5. The minimum atomic E-state index is -1.47. The van der Waals surface area contributed by atoms with E-state index < -0.39 is 12.1 Å². The Morgan fingerprint density at radius 1 is 1.44 bits per heavy atom. The van der Waals surface area contributed by atoms with Gasteiger partial charge in [-0.2, -0.15) is 0 Å². The zero-order chi connectivity index (χ0) is 13.7. The standard InChI is InChI=1S/C12H14ClNO4/c1-7-2-3-8(6-9(7)13)11(16)14-5-4-10(15)12(17)18/h2-3,6,10,15H,4-5H2,1H3,(H,14,16)(H,17,18). The van der Waals surface area contributed by atoms with Crippen LogP contribution in [0, 0.1) is 6.92 Å². The summed E-state index contributed by atoms with van der Waals surface area (Å²) in [4.78, 5) is 22.0. The minimum absolute atomic E-state index is 0.0410. The van der Waals surface area contributed by atoms with Crippen molar-refractivity contribution in [1.82, 2.24) is 5.32 Å². The van der Waals surface area contributed by atoms with Crippen molar-refractivity contribution < 1.29 is 19.8 Å². The number of halogens is 1. The fourth-order valence-corrected chi connectivity index (χ4v) is 1.46. The SMILES string of the molecule is Cc1ccc(C(=O)NCCC(O)C(=O)O)cc1Cl. The summed E-state index contributed by atoms with van der Waals surface area (Å²) in [6.07, 6.45) is -1.51. The van der Waals surface area contributed by atoms with Gasteiger partial charge in [0.2, 0.25) is 0 Å². The molecule has 1 rings (SSSR count). The van der Waals surface area contributed by atoms with Crippen molar-refractivity contribution in [2.45, 2.75) is 19.4 Å². The quantitative estimate of drug-likeness (QED) is 0.751. The van der Waals surface area contributed by atoms with E-state index in [9.17, 15) is 9.59 Å². The van der Waals surface area contributed by atoms with Crippen LogP contribution in [0.5, 0.6) is 0 Å². The van der Waals surface area contributed by atoms with Crippen molar-refractivity contribution >= 4 is 23.5 Å². The first-order valence-corrected chi connectivity index (χ1v) is 5.75. The van der Waals surface area contributed by atoms with Gasteiger partial charge < -0.3 is 15.5 Å². The molecule has 3 N–H and O–H groups in total. The molecule has 1 unspecified atom stereocenters. The van der Waals surface area contributed by atoms with Crippen LogP contribution in [-0.4, -0.2) is 34.7 Å². The summed E-state index contributed by atoms with van der Waals surface area (Å²) in [5.74, 6) is -1.66. The van der Waals surface area contributed by atoms with Crippen molar-refractivity contribution in [1.29, 1.82) is 0 Å². The zero-order valence-electron chi connectivity index (χ0n) is 9.81. The lowest BCUT2D eigenvalue weighted by Gasteiger charge is -2.08. The molecule has 1 aromatic rings. The molecule has 0 aromatic heterocycles. The number of nitrogens with one attached hydrogen (secondary N) is 1. The maximum Gasteiger partial charge on any atom is 0.332 e. The van der Waals surface area contributed by atoms with Gasteiger partial charge in [-0.25, -0.2) is 4.79 Å². The molecule has 98 valence electrons. The molecule has 1 atom stereocenters. The Labute approximate surface area is 109 Å². The Morgan fingerprint density at radius 3 is 2.67 bits per heavy atom. The van der Waals surface area contributed by atoms with Gasteiger partial charge in [-0.15, -0.1) is 0 Å². The normalized spacial score (nSPS) is 11.9. The van der Waals surface area contributed by atoms with E-state index in [0.717, 1.165) is 5.56 Å². The number of aryl methyl sites for hydroxylation is 1. The molecule has 18 heavy (non-hydrogen) atoms. The molecule has 0 aliphatic carbocycles. The Balaban J connectivity index is 2.50. The second kappa shape index (κ2) is 6.37. The maximum atomic E-state index is 11.7. The molecule has 0 bridgehead atoms. The summed E-state index contributed by atoms with van der Waals surface area (Å²) in [6, 6.07) is 4.90. The number of aliphatic hydroxyl groups is 1. The molecule has 0 saturated carbocycles. The maximum absolute atomic E-state index is 11.7. The number of carbonyl (C=O) groups is 2. The molecule has 1 amide bonds. The van der Waals surface area contributed by atoms with E-state index in [1.54, 1.807) is 18.2 Å². The second-order valence-corrected chi connectivity index (χ2v) is 4.27. The first-order chi connectivity index (χ1) is 8.41. The number of carboxylic acid groups (broad SMARTS) is 1. The van der Waals surface area contributed by atoms with Crippen molar-refractivity contribution in [3.8, 4) is 0 Å². The summed E-state index contributed by atoms with van der Waals surface area (Å²) >= 11 is 5.89. The number of aliphatic carboxylic acids is 1. The van der Waals surface area contributed by atoms with Gasteiger partial charge in [0.05, 0.1) is 0 Å². The van der Waals surface area contributed by atoms with Gasteiger partial charge in [0, 0.05) is 23.6 Å². The summed E-state index contributed by atoms with van der Waals surface area (Å²) in [5.41, 5.74) is 1.27. The summed E-state index contributed by atoms with van der Waals surface area (Å²) in [5, 5.41) is 20.5. The van der Waals surface area contributed by atoms with Crippen molar-refractivity contribution in [3.05, 3.63) is 34.3 Å². The third-order valence-electron chi connectivity index (χ3n) is 2.42. The van der Waals surface area contributed by atoms with Gasteiger partial charge in [-0.05, 0) is 24.6 Å². The third kappa shape index (κ3) is 4.01. The molecule has 0 aliphatic heterocycles. The number of hydrogen-bond acceptors (Lipinski definition) is 3. The highest BCUT2D eigenvalue weighted by Crippen LogP contribution is 2.16. The van der Waals surface area contributed by atoms with E-state index in [0.29, 0.717) is 10.6 Å². The van der Waals surface area contributed by atoms with Gasteiger partial charge in [-0.3, -0.25) is 4.79 Å². The van der Waals surface area contributed by atoms with E-state index in [1.807, 2.05) is 6.92 Å². The van der Waals surface area contributed by atoms with Crippen LogP contribution in [0.25, 0.3) is 0 Å². The van der Waals surface area contributed by atoms with Crippen LogP contribution in [0.1, 0.15) is 22.3 Å². The average molecular weight is 272 g/mol. The molecule has 0 spiro atoms. The molecule has 0 aliphatic rings. The van der Waals surface area contributed by atoms with Crippen molar-refractivity contribution in [2.75, 3.05) is 6.54 Å². The molecule has 0 heterocycles. The first kappa shape index (κ1) is 14.5. The average Bonchev–Trinajstić information content (AvgIpc) is 2.32.